The van der Waals surface area contributed by atoms with Crippen LogP contribution in [0.4, 0.5) is 0 Å². The first-order valence-corrected chi connectivity index (χ1v) is 7.69. The third-order valence-corrected chi connectivity index (χ3v) is 4.41. The second-order valence-corrected chi connectivity index (χ2v) is 6.03. The largest absolute Gasteiger partial charge is 0.388 e. The second-order valence-electron chi connectivity index (χ2n) is 6.03. The van der Waals surface area contributed by atoms with Gasteiger partial charge in [0.2, 0.25) is 5.91 Å². The standard InChI is InChI=1S/C17H22N2O2/c20-16(18-13-17(21)9-3-4-10-17)8-12-19-11-7-14-5-1-2-6-15(14)19/h1-2,5-7,11,21H,3-4,8-10,12-13H2,(H,18,20). The summed E-state index contributed by atoms with van der Waals surface area (Å²) in [5.74, 6) is 0.00751. The van der Waals surface area contributed by atoms with Gasteiger partial charge in [0.05, 0.1) is 5.60 Å². The number of nitrogens with one attached hydrogen (secondary N) is 1. The maximum Gasteiger partial charge on any atom is 0.221 e. The first-order chi connectivity index (χ1) is 10.2. The van der Waals surface area contributed by atoms with E-state index in [0.717, 1.165) is 31.2 Å². The number of rotatable bonds is 5. The Balaban J connectivity index is 1.51. The third kappa shape index (κ3) is 3.27. The molecule has 1 aromatic carbocycles. The normalized spacial score (nSPS) is 17.2. The van der Waals surface area contributed by atoms with Crippen LogP contribution in [0, 0.1) is 0 Å². The fraction of sp³-hybridized carbons (Fsp3) is 0.471. The van der Waals surface area contributed by atoms with E-state index in [-0.39, 0.29) is 5.91 Å². The number of hydrogen-bond acceptors (Lipinski definition) is 2. The van der Waals surface area contributed by atoms with Crippen molar-refractivity contribution >= 4 is 16.8 Å². The molecule has 0 aliphatic heterocycles. The Labute approximate surface area is 124 Å². The number of fused-ring (bicyclic) bond motifs is 1. The molecule has 1 aliphatic rings. The molecule has 21 heavy (non-hydrogen) atoms. The van der Waals surface area contributed by atoms with Gasteiger partial charge in [-0.2, -0.15) is 0 Å². The van der Waals surface area contributed by atoms with E-state index in [1.54, 1.807) is 0 Å². The highest BCUT2D eigenvalue weighted by atomic mass is 16.3. The van der Waals surface area contributed by atoms with E-state index in [1.807, 2.05) is 18.3 Å². The Morgan fingerprint density at radius 2 is 2.00 bits per heavy atom. The van der Waals surface area contributed by atoms with Gasteiger partial charge in [0.25, 0.3) is 0 Å². The molecule has 3 rings (SSSR count). The van der Waals surface area contributed by atoms with E-state index in [4.69, 9.17) is 0 Å². The second kappa shape index (κ2) is 5.90. The number of aliphatic hydroxyl groups is 1. The van der Waals surface area contributed by atoms with E-state index in [9.17, 15) is 9.90 Å². The maximum atomic E-state index is 11.9. The van der Waals surface area contributed by atoms with Crippen LogP contribution in [-0.2, 0) is 11.3 Å². The average Bonchev–Trinajstić information content (AvgIpc) is 3.10. The van der Waals surface area contributed by atoms with Crippen LogP contribution in [0.1, 0.15) is 32.1 Å². The average molecular weight is 286 g/mol. The van der Waals surface area contributed by atoms with E-state index < -0.39 is 5.60 Å². The van der Waals surface area contributed by atoms with Gasteiger partial charge in [-0.15, -0.1) is 0 Å². The number of benzene rings is 1. The monoisotopic (exact) mass is 286 g/mol. The highest BCUT2D eigenvalue weighted by molar-refractivity contribution is 5.80. The Morgan fingerprint density at radius 1 is 1.24 bits per heavy atom. The van der Waals surface area contributed by atoms with Crippen molar-refractivity contribution < 1.29 is 9.90 Å². The van der Waals surface area contributed by atoms with Crippen molar-refractivity contribution in [2.24, 2.45) is 0 Å². The number of hydrogen-bond donors (Lipinski definition) is 2. The fourth-order valence-corrected chi connectivity index (χ4v) is 3.12. The minimum Gasteiger partial charge on any atom is -0.388 e. The minimum absolute atomic E-state index is 0.00751. The molecule has 1 saturated carbocycles. The molecular weight excluding hydrogens is 264 g/mol. The van der Waals surface area contributed by atoms with Crippen LogP contribution < -0.4 is 5.32 Å². The van der Waals surface area contributed by atoms with Gasteiger partial charge in [-0.3, -0.25) is 4.79 Å². The number of aromatic nitrogens is 1. The summed E-state index contributed by atoms with van der Waals surface area (Å²) >= 11 is 0. The summed E-state index contributed by atoms with van der Waals surface area (Å²) in [6.07, 6.45) is 6.17. The highest BCUT2D eigenvalue weighted by Crippen LogP contribution is 2.28. The molecule has 0 radical (unpaired) electrons. The fourth-order valence-electron chi connectivity index (χ4n) is 3.12. The van der Waals surface area contributed by atoms with Crippen molar-refractivity contribution in [1.29, 1.82) is 0 Å². The summed E-state index contributed by atoms with van der Waals surface area (Å²) in [5.41, 5.74) is 0.482. The molecule has 1 amide bonds. The van der Waals surface area contributed by atoms with Crippen molar-refractivity contribution in [3.8, 4) is 0 Å². The minimum atomic E-state index is -0.671. The van der Waals surface area contributed by atoms with E-state index >= 15 is 0 Å². The molecular formula is C17H22N2O2. The van der Waals surface area contributed by atoms with Crippen LogP contribution in [0.3, 0.4) is 0 Å². The number of nitrogens with zero attached hydrogens (tertiary/aromatic N) is 1. The van der Waals surface area contributed by atoms with Crippen molar-refractivity contribution in [2.75, 3.05) is 6.54 Å². The van der Waals surface area contributed by atoms with Gasteiger partial charge < -0.3 is 15.0 Å². The topological polar surface area (TPSA) is 54.3 Å². The first kappa shape index (κ1) is 14.1. The van der Waals surface area contributed by atoms with Crippen molar-refractivity contribution in [2.45, 2.75) is 44.2 Å². The highest BCUT2D eigenvalue weighted by Gasteiger charge is 2.31. The van der Waals surface area contributed by atoms with E-state index in [0.29, 0.717) is 19.5 Å². The number of aryl methyl sites for hydroxylation is 1. The Hall–Kier alpha value is -1.81. The van der Waals surface area contributed by atoms with Crippen LogP contribution >= 0.6 is 0 Å². The number of amides is 1. The molecule has 4 heteroatoms. The summed E-state index contributed by atoms with van der Waals surface area (Å²) in [6.45, 7) is 1.05. The summed E-state index contributed by atoms with van der Waals surface area (Å²) in [5, 5.41) is 14.3. The van der Waals surface area contributed by atoms with Crippen LogP contribution in [0.5, 0.6) is 0 Å². The molecule has 0 saturated heterocycles. The zero-order valence-electron chi connectivity index (χ0n) is 12.2. The van der Waals surface area contributed by atoms with Crippen LogP contribution in [-0.4, -0.2) is 27.7 Å². The molecule has 2 N–H and O–H groups in total. The smallest absolute Gasteiger partial charge is 0.221 e. The molecule has 0 bridgehead atoms. The maximum absolute atomic E-state index is 11.9. The molecule has 1 aliphatic carbocycles. The molecule has 2 aromatic rings. The summed E-state index contributed by atoms with van der Waals surface area (Å²) in [4.78, 5) is 11.9. The van der Waals surface area contributed by atoms with Gasteiger partial charge in [0, 0.05) is 31.2 Å². The van der Waals surface area contributed by atoms with Crippen molar-refractivity contribution in [1.82, 2.24) is 9.88 Å². The number of carbonyl (C=O) groups is 1. The Kier molecular flexibility index (Phi) is 3.97. The first-order valence-electron chi connectivity index (χ1n) is 7.69. The quantitative estimate of drug-likeness (QED) is 0.887. The van der Waals surface area contributed by atoms with Gasteiger partial charge in [0.15, 0.2) is 0 Å². The molecule has 1 aromatic heterocycles. The molecule has 0 unspecified atom stereocenters. The van der Waals surface area contributed by atoms with Gasteiger partial charge >= 0.3 is 0 Å². The molecule has 1 heterocycles. The molecule has 1 fully saturated rings. The Morgan fingerprint density at radius 3 is 2.81 bits per heavy atom. The molecule has 112 valence electrons. The van der Waals surface area contributed by atoms with Crippen LogP contribution in [0.25, 0.3) is 10.9 Å². The van der Waals surface area contributed by atoms with E-state index in [2.05, 4.69) is 28.1 Å². The Bertz CT molecular complexity index is 627. The summed E-state index contributed by atoms with van der Waals surface area (Å²) in [6, 6.07) is 10.2. The summed E-state index contributed by atoms with van der Waals surface area (Å²) in [7, 11) is 0. The number of carbonyl (C=O) groups excluding carboxylic acids is 1. The van der Waals surface area contributed by atoms with Gasteiger partial charge in [-0.25, -0.2) is 0 Å². The van der Waals surface area contributed by atoms with Crippen molar-refractivity contribution in [3.63, 3.8) is 0 Å². The van der Waals surface area contributed by atoms with Gasteiger partial charge in [-0.1, -0.05) is 31.0 Å². The zero-order valence-corrected chi connectivity index (χ0v) is 12.2. The summed E-state index contributed by atoms with van der Waals surface area (Å²) < 4.78 is 2.10. The molecule has 4 nitrogen and oxygen atoms in total. The van der Waals surface area contributed by atoms with Gasteiger partial charge in [0.1, 0.15) is 0 Å². The van der Waals surface area contributed by atoms with Crippen LogP contribution in [0.15, 0.2) is 36.5 Å². The lowest BCUT2D eigenvalue weighted by Crippen LogP contribution is -2.40. The van der Waals surface area contributed by atoms with Gasteiger partial charge in [-0.05, 0) is 30.4 Å². The third-order valence-electron chi connectivity index (χ3n) is 4.41. The van der Waals surface area contributed by atoms with Crippen molar-refractivity contribution in [3.05, 3.63) is 36.5 Å². The predicted molar refractivity (Wildman–Crippen MR) is 83.0 cm³/mol. The SMILES string of the molecule is O=C(CCn1ccc2ccccc21)NCC1(O)CCCC1. The predicted octanol–water partition coefficient (Wildman–Crippen LogP) is 2.45. The zero-order chi connectivity index (χ0) is 14.7. The lowest BCUT2D eigenvalue weighted by Gasteiger charge is -2.22. The van der Waals surface area contributed by atoms with E-state index in [1.165, 1.54) is 5.39 Å². The molecule has 0 spiro atoms. The molecule has 0 atom stereocenters. The van der Waals surface area contributed by atoms with Crippen LogP contribution in [0.2, 0.25) is 0 Å². The lowest BCUT2D eigenvalue weighted by molar-refractivity contribution is -0.122. The number of para-hydroxylation sites is 1. The lowest BCUT2D eigenvalue weighted by atomic mass is 10.0.